The summed E-state index contributed by atoms with van der Waals surface area (Å²) in [7, 11) is -2.86. The zero-order valence-electron chi connectivity index (χ0n) is 12.2. The van der Waals surface area contributed by atoms with Crippen molar-refractivity contribution in [2.75, 3.05) is 19.5 Å². The van der Waals surface area contributed by atoms with E-state index in [2.05, 4.69) is 9.46 Å². The van der Waals surface area contributed by atoms with Crippen LogP contribution in [0.15, 0.2) is 23.1 Å². The molecule has 1 rings (SSSR count). The maximum Gasteiger partial charge on any atom is 0.339 e. The number of ether oxygens (including phenoxy) is 1. The van der Waals surface area contributed by atoms with Crippen LogP contribution in [0.2, 0.25) is 0 Å². The third-order valence-corrected chi connectivity index (χ3v) is 4.54. The van der Waals surface area contributed by atoms with Crippen LogP contribution in [0, 0.1) is 5.92 Å². The molecule has 21 heavy (non-hydrogen) atoms. The maximum absolute atomic E-state index is 12.4. The first-order valence-corrected chi connectivity index (χ1v) is 7.82. The third kappa shape index (κ3) is 4.16. The molecular formula is C13H20N2O5S. The lowest BCUT2D eigenvalue weighted by Crippen LogP contribution is -2.41. The Labute approximate surface area is 124 Å². The minimum Gasteiger partial charge on any atom is -0.465 e. The number of carbonyl (C=O) groups excluding carboxylic acids is 1. The third-order valence-electron chi connectivity index (χ3n) is 3.01. The van der Waals surface area contributed by atoms with Crippen LogP contribution in [0.4, 0.5) is 5.69 Å². The van der Waals surface area contributed by atoms with E-state index in [1.165, 1.54) is 18.2 Å². The van der Waals surface area contributed by atoms with Crippen molar-refractivity contribution in [1.29, 1.82) is 0 Å². The van der Waals surface area contributed by atoms with Gasteiger partial charge < -0.3 is 15.6 Å². The number of rotatable bonds is 6. The highest BCUT2D eigenvalue weighted by Gasteiger charge is 2.27. The maximum atomic E-state index is 12.4. The molecule has 118 valence electrons. The number of benzene rings is 1. The van der Waals surface area contributed by atoms with Crippen LogP contribution in [0.3, 0.4) is 0 Å². The quantitative estimate of drug-likeness (QED) is 0.515. The molecule has 8 heteroatoms. The molecule has 0 amide bonds. The van der Waals surface area contributed by atoms with Gasteiger partial charge in [-0.3, -0.25) is 0 Å². The van der Waals surface area contributed by atoms with Gasteiger partial charge in [0.1, 0.15) is 0 Å². The predicted octanol–water partition coefficient (Wildman–Crippen LogP) is 0.351. The molecule has 7 nitrogen and oxygen atoms in total. The molecule has 0 saturated carbocycles. The molecule has 0 saturated heterocycles. The van der Waals surface area contributed by atoms with Gasteiger partial charge in [-0.15, -0.1) is 0 Å². The molecule has 0 fully saturated rings. The minimum absolute atomic E-state index is 0.111. The van der Waals surface area contributed by atoms with E-state index < -0.39 is 22.0 Å². The number of nitrogens with two attached hydrogens (primary N) is 1. The number of carbonyl (C=O) groups is 1. The van der Waals surface area contributed by atoms with Gasteiger partial charge in [0.25, 0.3) is 0 Å². The summed E-state index contributed by atoms with van der Waals surface area (Å²) in [4.78, 5) is 11.4. The second-order valence-corrected chi connectivity index (χ2v) is 6.58. The Hall–Kier alpha value is -1.64. The van der Waals surface area contributed by atoms with Crippen molar-refractivity contribution in [3.8, 4) is 0 Å². The van der Waals surface area contributed by atoms with Gasteiger partial charge in [-0.2, -0.15) is 0 Å². The topological polar surface area (TPSA) is 119 Å². The van der Waals surface area contributed by atoms with Crippen LogP contribution < -0.4 is 10.5 Å². The number of hydrogen-bond donors (Lipinski definition) is 3. The number of esters is 1. The van der Waals surface area contributed by atoms with Crippen LogP contribution in [0.5, 0.6) is 0 Å². The van der Waals surface area contributed by atoms with Crippen LogP contribution in [0.25, 0.3) is 0 Å². The van der Waals surface area contributed by atoms with E-state index in [0.29, 0.717) is 0 Å². The lowest BCUT2D eigenvalue weighted by atomic mass is 10.1. The average Bonchev–Trinajstić information content (AvgIpc) is 2.43. The summed E-state index contributed by atoms with van der Waals surface area (Å²) in [6.07, 6.45) is 0. The Morgan fingerprint density at radius 2 is 2.05 bits per heavy atom. The Kier molecular flexibility index (Phi) is 5.70. The van der Waals surface area contributed by atoms with E-state index in [9.17, 15) is 18.3 Å². The second kappa shape index (κ2) is 6.88. The molecule has 0 unspecified atom stereocenters. The van der Waals surface area contributed by atoms with E-state index in [1.807, 2.05) is 0 Å². The molecule has 0 aliphatic heterocycles. The van der Waals surface area contributed by atoms with Gasteiger partial charge in [0.2, 0.25) is 10.0 Å². The highest BCUT2D eigenvalue weighted by molar-refractivity contribution is 7.89. The number of nitrogen functional groups attached to an aromatic ring is 1. The molecule has 0 aromatic heterocycles. The normalized spacial score (nSPS) is 13.2. The number of nitrogens with one attached hydrogen (secondary N) is 1. The summed E-state index contributed by atoms with van der Waals surface area (Å²) in [6.45, 7) is 3.18. The standard InChI is InChI=1S/C13H20N2O5S/c1-8(2)11(7-16)15-21(18,19)12-6-9(14)4-5-10(12)13(17)20-3/h4-6,8,11,15-16H,7,14H2,1-3H3/t11-/m1/s1. The smallest absolute Gasteiger partial charge is 0.339 e. The highest BCUT2D eigenvalue weighted by Crippen LogP contribution is 2.21. The summed E-state index contributed by atoms with van der Waals surface area (Å²) >= 11 is 0. The first-order valence-electron chi connectivity index (χ1n) is 6.34. The highest BCUT2D eigenvalue weighted by atomic mass is 32.2. The van der Waals surface area contributed by atoms with Crippen molar-refractivity contribution < 1.29 is 23.1 Å². The molecule has 0 radical (unpaired) electrons. The fourth-order valence-electron chi connectivity index (χ4n) is 1.69. The summed E-state index contributed by atoms with van der Waals surface area (Å²) in [5, 5.41) is 9.24. The zero-order valence-corrected chi connectivity index (χ0v) is 13.0. The van der Waals surface area contributed by atoms with Crippen molar-refractivity contribution in [2.45, 2.75) is 24.8 Å². The molecule has 1 aromatic rings. The van der Waals surface area contributed by atoms with Crippen molar-refractivity contribution in [2.24, 2.45) is 5.92 Å². The number of hydrogen-bond acceptors (Lipinski definition) is 6. The summed E-state index contributed by atoms with van der Waals surface area (Å²) in [5.41, 5.74) is 5.69. The van der Waals surface area contributed by atoms with E-state index in [0.717, 1.165) is 7.11 Å². The molecular weight excluding hydrogens is 296 g/mol. The Bertz CT molecular complexity index is 613. The van der Waals surface area contributed by atoms with Gasteiger partial charge >= 0.3 is 5.97 Å². The predicted molar refractivity (Wildman–Crippen MR) is 78.2 cm³/mol. The van der Waals surface area contributed by atoms with E-state index in [4.69, 9.17) is 5.73 Å². The monoisotopic (exact) mass is 316 g/mol. The number of aliphatic hydroxyl groups excluding tert-OH is 1. The lowest BCUT2D eigenvalue weighted by molar-refractivity contribution is 0.0596. The average molecular weight is 316 g/mol. The van der Waals surface area contributed by atoms with E-state index in [-0.39, 0.29) is 28.7 Å². The van der Waals surface area contributed by atoms with Crippen molar-refractivity contribution in [3.05, 3.63) is 23.8 Å². The molecule has 0 bridgehead atoms. The van der Waals surface area contributed by atoms with Crippen LogP contribution in [-0.2, 0) is 14.8 Å². The fraction of sp³-hybridized carbons (Fsp3) is 0.462. The number of anilines is 1. The Morgan fingerprint density at radius 3 is 2.52 bits per heavy atom. The van der Waals surface area contributed by atoms with Gasteiger partial charge in [-0.25, -0.2) is 17.9 Å². The summed E-state index contributed by atoms with van der Waals surface area (Å²) in [6, 6.07) is 3.22. The van der Waals surface area contributed by atoms with Crippen LogP contribution in [0.1, 0.15) is 24.2 Å². The van der Waals surface area contributed by atoms with Crippen LogP contribution >= 0.6 is 0 Å². The van der Waals surface area contributed by atoms with Crippen molar-refractivity contribution in [3.63, 3.8) is 0 Å². The van der Waals surface area contributed by atoms with Crippen molar-refractivity contribution >= 4 is 21.7 Å². The van der Waals surface area contributed by atoms with Gasteiger partial charge in [-0.1, -0.05) is 13.8 Å². The molecule has 0 aliphatic carbocycles. The molecule has 4 N–H and O–H groups in total. The van der Waals surface area contributed by atoms with Gasteiger partial charge in [0.15, 0.2) is 0 Å². The lowest BCUT2D eigenvalue weighted by Gasteiger charge is -2.20. The molecule has 0 aliphatic rings. The van der Waals surface area contributed by atoms with E-state index in [1.54, 1.807) is 13.8 Å². The summed E-state index contributed by atoms with van der Waals surface area (Å²) in [5.74, 6) is -0.895. The largest absolute Gasteiger partial charge is 0.465 e. The van der Waals surface area contributed by atoms with Gasteiger partial charge in [0.05, 0.1) is 24.2 Å². The fourth-order valence-corrected chi connectivity index (χ4v) is 3.29. The first kappa shape index (κ1) is 17.4. The van der Waals surface area contributed by atoms with Crippen molar-refractivity contribution in [1.82, 2.24) is 4.72 Å². The zero-order chi connectivity index (χ0) is 16.2. The summed E-state index contributed by atoms with van der Waals surface area (Å²) < 4.78 is 31.8. The number of methoxy groups -OCH3 is 1. The molecule has 0 heterocycles. The first-order chi connectivity index (χ1) is 9.72. The van der Waals surface area contributed by atoms with E-state index >= 15 is 0 Å². The minimum atomic E-state index is -4.02. The molecule has 1 aromatic carbocycles. The molecule has 0 spiro atoms. The molecule has 1 atom stereocenters. The second-order valence-electron chi connectivity index (χ2n) is 4.90. The van der Waals surface area contributed by atoms with Crippen LogP contribution in [-0.4, -0.2) is 39.3 Å². The number of aliphatic hydroxyl groups is 1. The van der Waals surface area contributed by atoms with Gasteiger partial charge in [-0.05, 0) is 24.1 Å². The Balaban J connectivity index is 3.30. The Morgan fingerprint density at radius 1 is 1.43 bits per heavy atom. The number of sulfonamides is 1. The SMILES string of the molecule is COC(=O)c1ccc(N)cc1S(=O)(=O)N[C@H](CO)C(C)C. The van der Waals surface area contributed by atoms with Gasteiger partial charge in [0, 0.05) is 11.7 Å².